The number of rotatable bonds is 5. The highest BCUT2D eigenvalue weighted by molar-refractivity contribution is 7.71. The zero-order valence-corrected chi connectivity index (χ0v) is 15.7. The SMILES string of the molecule is CC[C@@H](C)c1ccc(-n2c(Cc3c(F)cccc3Cl)n[nH]c2=S)cc1. The van der Waals surface area contributed by atoms with Crippen LogP contribution in [0.1, 0.15) is 43.1 Å². The van der Waals surface area contributed by atoms with Crippen molar-refractivity contribution in [3.8, 4) is 5.69 Å². The first-order valence-corrected chi connectivity index (χ1v) is 8.99. The van der Waals surface area contributed by atoms with Gasteiger partial charge in [0.05, 0.1) is 0 Å². The summed E-state index contributed by atoms with van der Waals surface area (Å²) in [4.78, 5) is 0. The highest BCUT2D eigenvalue weighted by Gasteiger charge is 2.14. The second-order valence-corrected chi connectivity index (χ2v) is 6.85. The molecule has 3 nitrogen and oxygen atoms in total. The van der Waals surface area contributed by atoms with Crippen molar-refractivity contribution in [2.75, 3.05) is 0 Å². The quantitative estimate of drug-likeness (QED) is 0.569. The summed E-state index contributed by atoms with van der Waals surface area (Å²) in [5.74, 6) is 0.774. The largest absolute Gasteiger partial charge is 0.272 e. The number of aromatic nitrogens is 3. The summed E-state index contributed by atoms with van der Waals surface area (Å²) in [6, 6.07) is 12.9. The molecule has 0 fully saturated rings. The average Bonchev–Trinajstić information content (AvgIpc) is 2.98. The van der Waals surface area contributed by atoms with Crippen molar-refractivity contribution in [3.63, 3.8) is 0 Å². The van der Waals surface area contributed by atoms with E-state index < -0.39 is 0 Å². The van der Waals surface area contributed by atoms with E-state index in [-0.39, 0.29) is 12.2 Å². The number of nitrogens with zero attached hydrogens (tertiary/aromatic N) is 2. The molecule has 6 heteroatoms. The van der Waals surface area contributed by atoms with Crippen LogP contribution < -0.4 is 0 Å². The molecular weight excluding hydrogens is 357 g/mol. The summed E-state index contributed by atoms with van der Waals surface area (Å²) in [6.45, 7) is 4.37. The minimum Gasteiger partial charge on any atom is -0.272 e. The lowest BCUT2D eigenvalue weighted by Crippen LogP contribution is -2.05. The van der Waals surface area contributed by atoms with Gasteiger partial charge in [0, 0.05) is 22.7 Å². The molecule has 0 aliphatic rings. The van der Waals surface area contributed by atoms with Crippen LogP contribution in [0, 0.1) is 10.6 Å². The fourth-order valence-electron chi connectivity index (χ4n) is 2.76. The van der Waals surface area contributed by atoms with E-state index in [9.17, 15) is 4.39 Å². The predicted molar refractivity (Wildman–Crippen MR) is 102 cm³/mol. The Balaban J connectivity index is 1.99. The van der Waals surface area contributed by atoms with Crippen molar-refractivity contribution in [3.05, 3.63) is 75.0 Å². The number of aromatic amines is 1. The number of benzene rings is 2. The van der Waals surface area contributed by atoms with E-state index in [0.29, 0.717) is 27.1 Å². The smallest absolute Gasteiger partial charge is 0.199 e. The predicted octanol–water partition coefficient (Wildman–Crippen LogP) is 5.83. The van der Waals surface area contributed by atoms with Crippen molar-refractivity contribution < 1.29 is 4.39 Å². The molecule has 0 unspecified atom stereocenters. The molecule has 0 saturated heterocycles. The van der Waals surface area contributed by atoms with Gasteiger partial charge in [-0.1, -0.05) is 43.6 Å². The van der Waals surface area contributed by atoms with Crippen molar-refractivity contribution in [2.24, 2.45) is 0 Å². The van der Waals surface area contributed by atoms with Gasteiger partial charge in [-0.2, -0.15) is 5.10 Å². The molecule has 1 atom stereocenters. The lowest BCUT2D eigenvalue weighted by molar-refractivity contribution is 0.611. The van der Waals surface area contributed by atoms with Crippen molar-refractivity contribution in [1.82, 2.24) is 14.8 Å². The molecule has 25 heavy (non-hydrogen) atoms. The highest BCUT2D eigenvalue weighted by Crippen LogP contribution is 2.24. The Hall–Kier alpha value is -1.98. The summed E-state index contributed by atoms with van der Waals surface area (Å²) in [5, 5.41) is 7.44. The molecule has 0 spiro atoms. The minimum atomic E-state index is -0.347. The Bertz CT molecular complexity index is 910. The van der Waals surface area contributed by atoms with Gasteiger partial charge in [-0.05, 0) is 54.4 Å². The Morgan fingerprint density at radius 1 is 1.24 bits per heavy atom. The highest BCUT2D eigenvalue weighted by atomic mass is 35.5. The first kappa shape index (κ1) is 17.8. The van der Waals surface area contributed by atoms with Crippen molar-refractivity contribution >= 4 is 23.8 Å². The van der Waals surface area contributed by atoms with Gasteiger partial charge >= 0.3 is 0 Å². The molecule has 0 saturated carbocycles. The third-order valence-corrected chi connectivity index (χ3v) is 5.10. The van der Waals surface area contributed by atoms with E-state index in [2.05, 4.69) is 36.2 Å². The summed E-state index contributed by atoms with van der Waals surface area (Å²) >= 11 is 11.5. The third-order valence-electron chi connectivity index (χ3n) is 4.47. The first-order chi connectivity index (χ1) is 12.0. The van der Waals surface area contributed by atoms with Crippen LogP contribution in [0.4, 0.5) is 4.39 Å². The summed E-state index contributed by atoms with van der Waals surface area (Å²) in [7, 11) is 0. The molecule has 0 amide bonds. The van der Waals surface area contributed by atoms with Gasteiger partial charge in [-0.25, -0.2) is 4.39 Å². The van der Waals surface area contributed by atoms with Crippen LogP contribution in [0.15, 0.2) is 42.5 Å². The number of halogens is 2. The number of hydrogen-bond donors (Lipinski definition) is 1. The summed E-state index contributed by atoms with van der Waals surface area (Å²) < 4.78 is 16.4. The molecule has 0 aliphatic carbocycles. The van der Waals surface area contributed by atoms with E-state index >= 15 is 0 Å². The van der Waals surface area contributed by atoms with Crippen molar-refractivity contribution in [2.45, 2.75) is 32.6 Å². The maximum atomic E-state index is 14.1. The molecule has 130 valence electrons. The molecule has 2 aromatic carbocycles. The van der Waals surface area contributed by atoms with Crippen LogP contribution in [-0.2, 0) is 6.42 Å². The topological polar surface area (TPSA) is 33.6 Å². The van der Waals surface area contributed by atoms with Gasteiger partial charge in [-0.15, -0.1) is 0 Å². The fraction of sp³-hybridized carbons (Fsp3) is 0.263. The molecule has 1 aromatic heterocycles. The lowest BCUT2D eigenvalue weighted by atomic mass is 9.98. The Kier molecular flexibility index (Phi) is 5.35. The van der Waals surface area contributed by atoms with E-state index in [1.807, 2.05) is 16.7 Å². The average molecular weight is 376 g/mol. The summed E-state index contributed by atoms with van der Waals surface area (Å²) in [5.41, 5.74) is 2.59. The molecule has 3 aromatic rings. The monoisotopic (exact) mass is 375 g/mol. The number of hydrogen-bond acceptors (Lipinski definition) is 2. The molecule has 1 heterocycles. The maximum absolute atomic E-state index is 14.1. The van der Waals surface area contributed by atoms with Gasteiger partial charge < -0.3 is 0 Å². The summed E-state index contributed by atoms with van der Waals surface area (Å²) in [6.07, 6.45) is 1.34. The van der Waals surface area contributed by atoms with Crippen molar-refractivity contribution in [1.29, 1.82) is 0 Å². The Morgan fingerprint density at radius 3 is 2.60 bits per heavy atom. The molecule has 1 N–H and O–H groups in total. The van der Waals surface area contributed by atoms with E-state index in [1.165, 1.54) is 11.6 Å². The molecular formula is C19H19ClFN3S. The maximum Gasteiger partial charge on any atom is 0.199 e. The molecule has 0 aliphatic heterocycles. The van der Waals surface area contributed by atoms with E-state index in [0.717, 1.165) is 12.1 Å². The van der Waals surface area contributed by atoms with E-state index in [4.69, 9.17) is 23.8 Å². The van der Waals surface area contributed by atoms with Gasteiger partial charge in [0.25, 0.3) is 0 Å². The fourth-order valence-corrected chi connectivity index (χ4v) is 3.25. The second kappa shape index (κ2) is 7.50. The molecule has 0 radical (unpaired) electrons. The Morgan fingerprint density at radius 2 is 1.96 bits per heavy atom. The normalized spacial score (nSPS) is 12.3. The second-order valence-electron chi connectivity index (χ2n) is 6.06. The molecule has 0 bridgehead atoms. The van der Waals surface area contributed by atoms with Gasteiger partial charge in [-0.3, -0.25) is 9.67 Å². The van der Waals surface area contributed by atoms with Crippen LogP contribution >= 0.6 is 23.8 Å². The zero-order chi connectivity index (χ0) is 18.0. The Labute approximate surface area is 156 Å². The minimum absolute atomic E-state index is 0.256. The number of nitrogens with one attached hydrogen (secondary N) is 1. The van der Waals surface area contributed by atoms with Crippen LogP contribution in [-0.4, -0.2) is 14.8 Å². The lowest BCUT2D eigenvalue weighted by Gasteiger charge is -2.12. The third kappa shape index (κ3) is 3.67. The van der Waals surface area contributed by atoms with Crippen LogP contribution in [0.3, 0.4) is 0 Å². The first-order valence-electron chi connectivity index (χ1n) is 8.20. The van der Waals surface area contributed by atoms with E-state index in [1.54, 1.807) is 12.1 Å². The van der Waals surface area contributed by atoms with Gasteiger partial charge in [0.1, 0.15) is 11.6 Å². The van der Waals surface area contributed by atoms with Crippen LogP contribution in [0.5, 0.6) is 0 Å². The molecule has 3 rings (SSSR count). The van der Waals surface area contributed by atoms with Gasteiger partial charge in [0.2, 0.25) is 0 Å². The van der Waals surface area contributed by atoms with Gasteiger partial charge in [0.15, 0.2) is 4.77 Å². The standard InChI is InChI=1S/C19H19ClFN3S/c1-3-12(2)13-7-9-14(10-8-13)24-18(22-23-19(24)25)11-15-16(20)5-4-6-17(15)21/h4-10,12H,3,11H2,1-2H3,(H,23,25)/t12-/m1/s1. The van der Waals surface area contributed by atoms with Crippen LogP contribution in [0.2, 0.25) is 5.02 Å². The zero-order valence-electron chi connectivity index (χ0n) is 14.1. The number of H-pyrrole nitrogens is 1. The van der Waals surface area contributed by atoms with Crippen LogP contribution in [0.25, 0.3) is 5.69 Å².